The van der Waals surface area contributed by atoms with Crippen molar-refractivity contribution in [2.45, 2.75) is 32.4 Å². The molecule has 1 amide bonds. The van der Waals surface area contributed by atoms with Crippen LogP contribution in [0, 0.1) is 0 Å². The van der Waals surface area contributed by atoms with Crippen molar-refractivity contribution in [3.63, 3.8) is 0 Å². The predicted molar refractivity (Wildman–Crippen MR) is 56.9 cm³/mol. The summed E-state index contributed by atoms with van der Waals surface area (Å²) < 4.78 is 0. The highest BCUT2D eigenvalue weighted by atomic mass is 16.2. The van der Waals surface area contributed by atoms with Crippen molar-refractivity contribution in [3.8, 4) is 0 Å². The van der Waals surface area contributed by atoms with Gasteiger partial charge >= 0.3 is 0 Å². The van der Waals surface area contributed by atoms with E-state index in [2.05, 4.69) is 18.9 Å². The van der Waals surface area contributed by atoms with E-state index in [1.54, 1.807) is 6.92 Å². The van der Waals surface area contributed by atoms with E-state index in [0.29, 0.717) is 6.04 Å². The summed E-state index contributed by atoms with van der Waals surface area (Å²) in [5.74, 6) is 0.0801. The molecule has 0 aliphatic carbocycles. The van der Waals surface area contributed by atoms with E-state index in [4.69, 9.17) is 5.73 Å². The minimum absolute atomic E-state index is 0.0801. The SMILES string of the molecule is CCC1CN(C(=O)[C@H](C)N)CCN1C. The summed E-state index contributed by atoms with van der Waals surface area (Å²) in [6, 6.07) is 0.127. The summed E-state index contributed by atoms with van der Waals surface area (Å²) in [6.07, 6.45) is 1.08. The van der Waals surface area contributed by atoms with Crippen LogP contribution in [0.4, 0.5) is 0 Å². The highest BCUT2D eigenvalue weighted by Gasteiger charge is 2.27. The number of rotatable bonds is 2. The lowest BCUT2D eigenvalue weighted by Gasteiger charge is -2.39. The Morgan fingerprint density at radius 2 is 2.21 bits per heavy atom. The molecule has 1 saturated heterocycles. The lowest BCUT2D eigenvalue weighted by molar-refractivity contribution is -0.135. The van der Waals surface area contributed by atoms with E-state index in [9.17, 15) is 4.79 Å². The Morgan fingerprint density at radius 3 is 2.71 bits per heavy atom. The van der Waals surface area contributed by atoms with E-state index < -0.39 is 0 Å². The molecule has 4 heteroatoms. The van der Waals surface area contributed by atoms with Gasteiger partial charge in [-0.2, -0.15) is 0 Å². The molecule has 1 fully saturated rings. The molecule has 0 aromatic heterocycles. The molecule has 82 valence electrons. The van der Waals surface area contributed by atoms with Gasteiger partial charge in [0.15, 0.2) is 0 Å². The van der Waals surface area contributed by atoms with Crippen molar-refractivity contribution in [2.75, 3.05) is 26.7 Å². The number of hydrogen-bond acceptors (Lipinski definition) is 3. The summed E-state index contributed by atoms with van der Waals surface area (Å²) in [5, 5.41) is 0. The summed E-state index contributed by atoms with van der Waals surface area (Å²) in [5.41, 5.74) is 5.58. The topological polar surface area (TPSA) is 49.6 Å². The van der Waals surface area contributed by atoms with Gasteiger partial charge in [-0.25, -0.2) is 0 Å². The number of carbonyl (C=O) groups is 1. The minimum Gasteiger partial charge on any atom is -0.339 e. The predicted octanol–water partition coefficient (Wildman–Crippen LogP) is -0.114. The van der Waals surface area contributed by atoms with Crippen LogP contribution in [-0.4, -0.2) is 54.5 Å². The molecule has 1 aliphatic heterocycles. The van der Waals surface area contributed by atoms with E-state index >= 15 is 0 Å². The third-order valence-electron chi connectivity index (χ3n) is 2.95. The number of carbonyl (C=O) groups excluding carboxylic acids is 1. The molecule has 0 bridgehead atoms. The van der Waals surface area contributed by atoms with Crippen LogP contribution in [0.1, 0.15) is 20.3 Å². The van der Waals surface area contributed by atoms with Crippen molar-refractivity contribution in [3.05, 3.63) is 0 Å². The van der Waals surface area contributed by atoms with Crippen molar-refractivity contribution < 1.29 is 4.79 Å². The fourth-order valence-electron chi connectivity index (χ4n) is 1.88. The first kappa shape index (κ1) is 11.5. The Balaban J connectivity index is 2.54. The highest BCUT2D eigenvalue weighted by molar-refractivity contribution is 5.81. The molecule has 1 unspecified atom stereocenters. The maximum absolute atomic E-state index is 11.6. The summed E-state index contributed by atoms with van der Waals surface area (Å²) in [4.78, 5) is 15.8. The molecule has 14 heavy (non-hydrogen) atoms. The first-order chi connectivity index (χ1) is 6.56. The molecule has 2 N–H and O–H groups in total. The molecular formula is C10H21N3O. The Hall–Kier alpha value is -0.610. The smallest absolute Gasteiger partial charge is 0.239 e. The van der Waals surface area contributed by atoms with Gasteiger partial charge in [0.1, 0.15) is 0 Å². The number of nitrogens with zero attached hydrogens (tertiary/aromatic N) is 2. The van der Waals surface area contributed by atoms with Crippen LogP contribution in [-0.2, 0) is 4.79 Å². The Labute approximate surface area is 86.0 Å². The number of nitrogens with two attached hydrogens (primary N) is 1. The highest BCUT2D eigenvalue weighted by Crippen LogP contribution is 2.11. The van der Waals surface area contributed by atoms with Crippen molar-refractivity contribution in [2.24, 2.45) is 5.73 Å². The second-order valence-electron chi connectivity index (χ2n) is 4.12. The van der Waals surface area contributed by atoms with E-state index in [1.165, 1.54) is 0 Å². The number of amides is 1. The quantitative estimate of drug-likeness (QED) is 0.675. The molecule has 1 rings (SSSR count). The first-order valence-corrected chi connectivity index (χ1v) is 5.30. The summed E-state index contributed by atoms with van der Waals surface area (Å²) in [6.45, 7) is 6.50. The lowest BCUT2D eigenvalue weighted by atomic mass is 10.1. The average Bonchev–Trinajstić information content (AvgIpc) is 2.17. The zero-order valence-corrected chi connectivity index (χ0v) is 9.36. The van der Waals surface area contributed by atoms with Crippen LogP contribution < -0.4 is 5.73 Å². The van der Waals surface area contributed by atoms with Gasteiger partial charge in [-0.15, -0.1) is 0 Å². The Kier molecular flexibility index (Phi) is 3.89. The zero-order chi connectivity index (χ0) is 10.7. The van der Waals surface area contributed by atoms with Gasteiger partial charge in [0.2, 0.25) is 5.91 Å². The lowest BCUT2D eigenvalue weighted by Crippen LogP contribution is -2.55. The number of hydrogen-bond donors (Lipinski definition) is 1. The largest absolute Gasteiger partial charge is 0.339 e. The van der Waals surface area contributed by atoms with E-state index in [0.717, 1.165) is 26.1 Å². The second-order valence-corrected chi connectivity index (χ2v) is 4.12. The van der Waals surface area contributed by atoms with Crippen LogP contribution in [0.3, 0.4) is 0 Å². The number of likely N-dealkylation sites (N-methyl/N-ethyl adjacent to an activating group) is 1. The molecule has 2 atom stereocenters. The van der Waals surface area contributed by atoms with Crippen LogP contribution in [0.15, 0.2) is 0 Å². The minimum atomic E-state index is -0.365. The van der Waals surface area contributed by atoms with E-state index in [1.807, 2.05) is 4.90 Å². The van der Waals surface area contributed by atoms with Gasteiger partial charge in [0.25, 0.3) is 0 Å². The second kappa shape index (κ2) is 4.75. The van der Waals surface area contributed by atoms with Gasteiger partial charge in [-0.3, -0.25) is 9.69 Å². The van der Waals surface area contributed by atoms with Gasteiger partial charge in [-0.1, -0.05) is 6.92 Å². The molecule has 0 radical (unpaired) electrons. The van der Waals surface area contributed by atoms with E-state index in [-0.39, 0.29) is 11.9 Å². The van der Waals surface area contributed by atoms with Crippen LogP contribution >= 0.6 is 0 Å². The molecule has 4 nitrogen and oxygen atoms in total. The van der Waals surface area contributed by atoms with Crippen molar-refractivity contribution in [1.82, 2.24) is 9.80 Å². The molecule has 1 heterocycles. The van der Waals surface area contributed by atoms with Crippen molar-refractivity contribution in [1.29, 1.82) is 0 Å². The third kappa shape index (κ3) is 2.45. The van der Waals surface area contributed by atoms with Gasteiger partial charge < -0.3 is 10.6 Å². The fourth-order valence-corrected chi connectivity index (χ4v) is 1.88. The Morgan fingerprint density at radius 1 is 1.57 bits per heavy atom. The Bertz CT molecular complexity index is 206. The van der Waals surface area contributed by atoms with Crippen molar-refractivity contribution >= 4 is 5.91 Å². The third-order valence-corrected chi connectivity index (χ3v) is 2.95. The standard InChI is InChI=1S/C10H21N3O/c1-4-9-7-13(6-5-12(9)3)10(14)8(2)11/h8-9H,4-7,11H2,1-3H3/t8-,9?/m0/s1. The molecule has 0 aromatic carbocycles. The van der Waals surface area contributed by atoms with Gasteiger partial charge in [0, 0.05) is 25.7 Å². The van der Waals surface area contributed by atoms with Crippen LogP contribution in [0.25, 0.3) is 0 Å². The van der Waals surface area contributed by atoms with Gasteiger partial charge in [0.05, 0.1) is 6.04 Å². The van der Waals surface area contributed by atoms with Crippen LogP contribution in [0.5, 0.6) is 0 Å². The average molecular weight is 199 g/mol. The van der Waals surface area contributed by atoms with Gasteiger partial charge in [-0.05, 0) is 20.4 Å². The van der Waals surface area contributed by atoms with Crippen LogP contribution in [0.2, 0.25) is 0 Å². The molecule has 0 saturated carbocycles. The summed E-state index contributed by atoms with van der Waals surface area (Å²) >= 11 is 0. The normalized spacial score (nSPS) is 26.3. The summed E-state index contributed by atoms with van der Waals surface area (Å²) in [7, 11) is 2.11. The molecule has 0 aromatic rings. The molecule has 1 aliphatic rings. The first-order valence-electron chi connectivity index (χ1n) is 5.30. The number of piperazine rings is 1. The maximum atomic E-state index is 11.6. The molecular weight excluding hydrogens is 178 g/mol. The fraction of sp³-hybridized carbons (Fsp3) is 0.900. The zero-order valence-electron chi connectivity index (χ0n) is 9.36. The monoisotopic (exact) mass is 199 g/mol. The maximum Gasteiger partial charge on any atom is 0.239 e. The molecule has 0 spiro atoms.